The van der Waals surface area contributed by atoms with Crippen molar-refractivity contribution in [3.8, 4) is 11.1 Å². The highest BCUT2D eigenvalue weighted by atomic mass is 32.2. The van der Waals surface area contributed by atoms with E-state index in [-0.39, 0.29) is 10.5 Å². The van der Waals surface area contributed by atoms with Crippen LogP contribution in [-0.4, -0.2) is 18.9 Å². The lowest BCUT2D eigenvalue weighted by molar-refractivity contribution is 0.585. The summed E-state index contributed by atoms with van der Waals surface area (Å²) >= 11 is 0. The van der Waals surface area contributed by atoms with E-state index in [1.807, 2.05) is 6.08 Å². The Kier molecular flexibility index (Phi) is 2.70. The van der Waals surface area contributed by atoms with Crippen LogP contribution in [0.1, 0.15) is 36.0 Å². The monoisotopic (exact) mass is 322 g/mol. The molecule has 3 aliphatic rings. The van der Waals surface area contributed by atoms with E-state index in [0.717, 1.165) is 19.3 Å². The van der Waals surface area contributed by atoms with Gasteiger partial charge in [0.1, 0.15) is 0 Å². The molecule has 0 N–H and O–H groups in total. The first-order valence-corrected chi connectivity index (χ1v) is 9.89. The van der Waals surface area contributed by atoms with Crippen LogP contribution in [0, 0.1) is 0 Å². The Morgan fingerprint density at radius 2 is 1.74 bits per heavy atom. The molecule has 0 spiro atoms. The van der Waals surface area contributed by atoms with Crippen LogP contribution in [0.2, 0.25) is 0 Å². The van der Waals surface area contributed by atoms with E-state index in [0.29, 0.717) is 6.42 Å². The van der Waals surface area contributed by atoms with Gasteiger partial charge in [-0.05, 0) is 59.1 Å². The van der Waals surface area contributed by atoms with Crippen LogP contribution in [0.3, 0.4) is 0 Å². The van der Waals surface area contributed by atoms with Gasteiger partial charge < -0.3 is 0 Å². The van der Waals surface area contributed by atoms with Crippen molar-refractivity contribution in [1.29, 1.82) is 0 Å². The molecule has 2 aromatic rings. The van der Waals surface area contributed by atoms with Gasteiger partial charge in [0.05, 0.1) is 10.5 Å². The van der Waals surface area contributed by atoms with E-state index < -0.39 is 9.84 Å². The summed E-state index contributed by atoms with van der Waals surface area (Å²) in [6, 6.07) is 15.2. The highest BCUT2D eigenvalue weighted by Gasteiger charge is 2.43. The zero-order valence-electron chi connectivity index (χ0n) is 12.8. The SMILES string of the molecule is O=S1(=O)C2C=C(c3ccc4c(c3)Cc3ccccc3-4)CC1CC2. The fraction of sp³-hybridized carbons (Fsp3) is 0.300. The van der Waals surface area contributed by atoms with Crippen molar-refractivity contribution in [2.75, 3.05) is 0 Å². The van der Waals surface area contributed by atoms with Crippen LogP contribution in [0.5, 0.6) is 0 Å². The van der Waals surface area contributed by atoms with Gasteiger partial charge in [0, 0.05) is 0 Å². The van der Waals surface area contributed by atoms with Crippen LogP contribution in [0.15, 0.2) is 48.5 Å². The summed E-state index contributed by atoms with van der Waals surface area (Å²) < 4.78 is 24.5. The summed E-state index contributed by atoms with van der Waals surface area (Å²) in [7, 11) is -2.90. The van der Waals surface area contributed by atoms with E-state index >= 15 is 0 Å². The molecule has 2 heterocycles. The van der Waals surface area contributed by atoms with Crippen molar-refractivity contribution in [3.63, 3.8) is 0 Å². The number of hydrogen-bond acceptors (Lipinski definition) is 2. The second-order valence-corrected chi connectivity index (χ2v) is 9.38. The van der Waals surface area contributed by atoms with Gasteiger partial charge in [0.25, 0.3) is 0 Å². The molecule has 3 heteroatoms. The lowest BCUT2D eigenvalue weighted by Gasteiger charge is -2.21. The Balaban J connectivity index is 1.56. The van der Waals surface area contributed by atoms with Crippen LogP contribution < -0.4 is 0 Å². The minimum absolute atomic E-state index is 0.155. The average molecular weight is 322 g/mol. The second kappa shape index (κ2) is 4.57. The first-order valence-electron chi connectivity index (χ1n) is 8.28. The molecule has 0 amide bonds. The zero-order chi connectivity index (χ0) is 15.6. The van der Waals surface area contributed by atoms with Crippen molar-refractivity contribution < 1.29 is 8.42 Å². The third-order valence-corrected chi connectivity index (χ3v) is 8.21. The molecular weight excluding hydrogens is 304 g/mol. The number of allylic oxidation sites excluding steroid dienone is 1. The quantitative estimate of drug-likeness (QED) is 0.679. The molecular formula is C20H18O2S. The van der Waals surface area contributed by atoms with Crippen molar-refractivity contribution >= 4 is 15.4 Å². The van der Waals surface area contributed by atoms with Crippen molar-refractivity contribution in [1.82, 2.24) is 0 Å². The Hall–Kier alpha value is -1.87. The smallest absolute Gasteiger partial charge is 0.159 e. The predicted octanol–water partition coefficient (Wildman–Crippen LogP) is 3.99. The fourth-order valence-corrected chi connectivity index (χ4v) is 6.61. The first kappa shape index (κ1) is 13.6. The fourth-order valence-electron chi connectivity index (χ4n) is 4.42. The van der Waals surface area contributed by atoms with Gasteiger partial charge in [0.2, 0.25) is 0 Å². The number of benzene rings is 2. The Morgan fingerprint density at radius 3 is 2.61 bits per heavy atom. The molecule has 0 radical (unpaired) electrons. The van der Waals surface area contributed by atoms with Gasteiger partial charge in [-0.1, -0.05) is 48.5 Å². The van der Waals surface area contributed by atoms with E-state index in [2.05, 4.69) is 42.5 Å². The topological polar surface area (TPSA) is 34.1 Å². The van der Waals surface area contributed by atoms with E-state index in [1.165, 1.54) is 33.4 Å². The number of fused-ring (bicyclic) bond motifs is 5. The molecule has 1 saturated heterocycles. The molecule has 1 aliphatic carbocycles. The highest BCUT2D eigenvalue weighted by molar-refractivity contribution is 7.93. The molecule has 2 bridgehead atoms. The summed E-state index contributed by atoms with van der Waals surface area (Å²) in [4.78, 5) is 0. The van der Waals surface area contributed by atoms with Gasteiger partial charge >= 0.3 is 0 Å². The average Bonchev–Trinajstić information content (AvgIpc) is 2.92. The summed E-state index contributed by atoms with van der Waals surface area (Å²) in [6.45, 7) is 0. The van der Waals surface area contributed by atoms with Crippen molar-refractivity contribution in [2.45, 2.75) is 36.2 Å². The maximum Gasteiger partial charge on any atom is 0.159 e. The summed E-state index contributed by atoms with van der Waals surface area (Å²) in [5.74, 6) is 0. The van der Waals surface area contributed by atoms with Crippen LogP contribution in [0.4, 0.5) is 0 Å². The van der Waals surface area contributed by atoms with E-state index in [1.54, 1.807) is 0 Å². The minimum atomic E-state index is -2.90. The number of sulfone groups is 1. The summed E-state index contributed by atoms with van der Waals surface area (Å²) in [6.07, 6.45) is 5.31. The first-order chi connectivity index (χ1) is 11.1. The maximum absolute atomic E-state index is 12.2. The molecule has 23 heavy (non-hydrogen) atoms. The molecule has 2 unspecified atom stereocenters. The molecule has 2 nitrogen and oxygen atoms in total. The Labute approximate surface area is 136 Å². The van der Waals surface area contributed by atoms with Crippen LogP contribution in [-0.2, 0) is 16.3 Å². The van der Waals surface area contributed by atoms with Crippen LogP contribution in [0.25, 0.3) is 16.7 Å². The molecule has 0 aromatic heterocycles. The number of rotatable bonds is 1. The van der Waals surface area contributed by atoms with E-state index in [4.69, 9.17) is 0 Å². The molecule has 2 atom stereocenters. The third-order valence-electron chi connectivity index (χ3n) is 5.66. The van der Waals surface area contributed by atoms with Crippen LogP contribution >= 0.6 is 0 Å². The maximum atomic E-state index is 12.2. The van der Waals surface area contributed by atoms with Gasteiger partial charge in [-0.15, -0.1) is 0 Å². The normalized spacial score (nSPS) is 26.5. The standard InChI is InChI=1S/C20H18O2S/c21-23(22)17-6-7-18(23)12-15(11-17)13-5-8-20-16(9-13)10-14-3-1-2-4-19(14)20/h1-5,8-9,11,17-18H,6-7,10,12H2. The lowest BCUT2D eigenvalue weighted by atomic mass is 9.96. The van der Waals surface area contributed by atoms with Gasteiger partial charge in [0.15, 0.2) is 9.84 Å². The Bertz CT molecular complexity index is 953. The van der Waals surface area contributed by atoms with Gasteiger partial charge in [-0.3, -0.25) is 0 Å². The third kappa shape index (κ3) is 1.89. The van der Waals surface area contributed by atoms with Gasteiger partial charge in [-0.25, -0.2) is 8.42 Å². The highest BCUT2D eigenvalue weighted by Crippen LogP contribution is 2.43. The minimum Gasteiger partial charge on any atom is -0.228 e. The molecule has 2 aromatic carbocycles. The molecule has 116 valence electrons. The predicted molar refractivity (Wildman–Crippen MR) is 93.0 cm³/mol. The lowest BCUT2D eigenvalue weighted by Crippen LogP contribution is -2.26. The summed E-state index contributed by atoms with van der Waals surface area (Å²) in [5.41, 5.74) is 7.87. The molecule has 5 rings (SSSR count). The summed E-state index contributed by atoms with van der Waals surface area (Å²) in [5, 5.41) is -0.403. The molecule has 2 aliphatic heterocycles. The van der Waals surface area contributed by atoms with Crippen molar-refractivity contribution in [2.24, 2.45) is 0 Å². The van der Waals surface area contributed by atoms with Crippen molar-refractivity contribution in [3.05, 3.63) is 65.2 Å². The second-order valence-electron chi connectivity index (χ2n) is 6.93. The largest absolute Gasteiger partial charge is 0.228 e. The van der Waals surface area contributed by atoms with Gasteiger partial charge in [-0.2, -0.15) is 0 Å². The molecule has 1 fully saturated rings. The Morgan fingerprint density at radius 1 is 0.913 bits per heavy atom. The molecule has 0 saturated carbocycles. The number of hydrogen-bond donors (Lipinski definition) is 0. The van der Waals surface area contributed by atoms with E-state index in [9.17, 15) is 8.42 Å². The zero-order valence-corrected chi connectivity index (χ0v) is 13.6.